The summed E-state index contributed by atoms with van der Waals surface area (Å²) in [5, 5.41) is 15.4. The predicted molar refractivity (Wildman–Crippen MR) is 308 cm³/mol. The molecule has 11 rings (SSSR count). The summed E-state index contributed by atoms with van der Waals surface area (Å²) in [5.41, 5.74) is 4.93. The molecule has 8 aromatic rings. The first kappa shape index (κ1) is 57.3. The maximum Gasteiger partial charge on any atom is 0.166 e. The van der Waals surface area contributed by atoms with Gasteiger partial charge in [0.25, 0.3) is 0 Å². The fourth-order valence-electron chi connectivity index (χ4n) is 10.6. The Morgan fingerprint density at radius 1 is 0.675 bits per heavy atom. The molecule has 9 heterocycles. The average Bonchev–Trinajstić information content (AvgIpc) is 4.00. The van der Waals surface area contributed by atoms with Gasteiger partial charge < -0.3 is 24.0 Å². The van der Waals surface area contributed by atoms with Crippen LogP contribution in [0, 0.1) is 23.5 Å². The number of hydrogen-bond acceptors (Lipinski definition) is 15. The minimum atomic E-state index is -3.12. The van der Waals surface area contributed by atoms with E-state index in [9.17, 15) is 16.8 Å². The fraction of sp³-hybridized carbons (Fsp3) is 0.382. The molecule has 80 heavy (non-hydrogen) atoms. The van der Waals surface area contributed by atoms with Gasteiger partial charge in [-0.3, -0.25) is 15.1 Å². The van der Waals surface area contributed by atoms with Crippen LogP contribution < -0.4 is 19.3 Å². The van der Waals surface area contributed by atoms with E-state index in [1.807, 2.05) is 56.6 Å². The third-order valence-corrected chi connectivity index (χ3v) is 18.1. The summed E-state index contributed by atoms with van der Waals surface area (Å²) in [6, 6.07) is 13.6. The van der Waals surface area contributed by atoms with Crippen LogP contribution in [-0.2, 0) is 24.4 Å². The van der Waals surface area contributed by atoms with Crippen molar-refractivity contribution in [2.45, 2.75) is 77.5 Å². The van der Waals surface area contributed by atoms with Crippen molar-refractivity contribution >= 4 is 99.5 Å². The van der Waals surface area contributed by atoms with Gasteiger partial charge in [-0.05, 0) is 89.4 Å². The smallest absolute Gasteiger partial charge is 0.166 e. The second-order valence-corrected chi connectivity index (χ2v) is 26.7. The molecule has 2 aromatic carbocycles. The van der Waals surface area contributed by atoms with E-state index < -0.39 is 43.5 Å². The SMILES string of the molecule is C[C@@H]1[C@@H](CS(C)(=O)=O)CN1c1ncc(-c2n[nH]c3cc(O[C@H](C)c4c(Cl)cncc4Cl)ccc23)cc1F.C[C@@H]1[C@@H](CS(C)(=O)=O)CN1c1ncc(-c2nn(C3CCCCO3)c3ccc(O[C@H](C)c4c(Cl)cncc4Cl)cc23)cc1F. The maximum atomic E-state index is 15.6. The van der Waals surface area contributed by atoms with Crippen LogP contribution in [-0.4, -0.2) is 113 Å². The molecule has 3 aliphatic heterocycles. The topological polar surface area (TPSA) is 201 Å². The lowest BCUT2D eigenvalue weighted by Crippen LogP contribution is -2.57. The van der Waals surface area contributed by atoms with Gasteiger partial charge in [-0.25, -0.2) is 40.3 Å². The number of fused-ring (bicyclic) bond motifs is 2. The van der Waals surface area contributed by atoms with E-state index in [2.05, 4.69) is 30.1 Å². The van der Waals surface area contributed by atoms with Crippen LogP contribution in [0.15, 0.2) is 85.7 Å². The monoisotopic (exact) mass is 1210 g/mol. The number of aromatic amines is 1. The number of hydrogen-bond donors (Lipinski definition) is 1. The molecular weight excluding hydrogens is 1160 g/mol. The molecule has 17 nitrogen and oxygen atoms in total. The lowest BCUT2D eigenvalue weighted by molar-refractivity contribution is -0.0365. The largest absolute Gasteiger partial charge is 0.486 e. The number of pyridine rings is 4. The fourth-order valence-corrected chi connectivity index (χ4v) is 14.3. The van der Waals surface area contributed by atoms with Gasteiger partial charge in [0.2, 0.25) is 0 Å². The molecular formula is C55H56Cl4F2N10O7S2. The van der Waals surface area contributed by atoms with Crippen LogP contribution in [0.4, 0.5) is 20.4 Å². The summed E-state index contributed by atoms with van der Waals surface area (Å²) in [5.74, 6) is 0.596. The van der Waals surface area contributed by atoms with Gasteiger partial charge in [0.1, 0.15) is 54.8 Å². The molecule has 25 heteroatoms. The van der Waals surface area contributed by atoms with Crippen LogP contribution in [0.2, 0.25) is 20.1 Å². The molecule has 3 aliphatic rings. The van der Waals surface area contributed by atoms with Crippen molar-refractivity contribution in [2.24, 2.45) is 11.8 Å². The summed E-state index contributed by atoms with van der Waals surface area (Å²) >= 11 is 25.2. The molecule has 1 N–H and O–H groups in total. The number of nitrogens with zero attached hydrogens (tertiary/aromatic N) is 9. The minimum absolute atomic E-state index is 0.0455. The number of benzene rings is 2. The van der Waals surface area contributed by atoms with E-state index in [0.29, 0.717) is 90.4 Å². The van der Waals surface area contributed by atoms with E-state index in [-0.39, 0.29) is 53.3 Å². The Labute approximate surface area is 481 Å². The normalized spacial score (nSPS) is 20.2. The molecule has 0 spiro atoms. The third-order valence-electron chi connectivity index (χ3n) is 14.8. The van der Waals surface area contributed by atoms with Crippen molar-refractivity contribution in [3.8, 4) is 34.0 Å². The van der Waals surface area contributed by atoms with Gasteiger partial charge >= 0.3 is 0 Å². The Bertz CT molecular complexity index is 3830. The predicted octanol–water partition coefficient (Wildman–Crippen LogP) is 12.1. The second-order valence-electron chi connectivity index (χ2n) is 20.7. The summed E-state index contributed by atoms with van der Waals surface area (Å²) in [4.78, 5) is 20.4. The Hall–Kier alpha value is -5.94. The highest BCUT2D eigenvalue weighted by Crippen LogP contribution is 2.41. The molecule has 0 amide bonds. The highest BCUT2D eigenvalue weighted by atomic mass is 35.5. The molecule has 1 unspecified atom stereocenters. The molecule has 0 radical (unpaired) electrons. The molecule has 0 bridgehead atoms. The number of ether oxygens (including phenoxy) is 3. The summed E-state index contributed by atoms with van der Waals surface area (Å²) in [6.45, 7) is 8.99. The van der Waals surface area contributed by atoms with Gasteiger partial charge in [-0.1, -0.05) is 46.4 Å². The number of halogens is 6. The summed E-state index contributed by atoms with van der Waals surface area (Å²) < 4.78 is 97.6. The average molecular weight is 1210 g/mol. The molecule has 3 fully saturated rings. The first-order valence-electron chi connectivity index (χ1n) is 25.8. The van der Waals surface area contributed by atoms with Crippen LogP contribution in [0.25, 0.3) is 44.3 Å². The van der Waals surface area contributed by atoms with Crippen molar-refractivity contribution in [1.29, 1.82) is 0 Å². The first-order chi connectivity index (χ1) is 38.0. The standard InChI is InChI=1S/C30H32Cl2FN5O4S.C25H24Cl2FN5O3S/c1-17-20(16-43(3,39)40)15-37(17)30-25(33)10-19(12-35-30)29-22-11-21(42-18(2)28-23(31)13-34-14-24(28)32)7-8-26(22)38(36-29)27-6-4-5-9-41-27;1-13-16(12-37(3,34)35)11-33(13)25-21(28)6-15(8-30-25)24-18-5-4-17(7-22(18)31-32-24)36-14(2)23-19(26)9-29-10-20(23)27/h7-8,10-14,17-18,20,27H,4-6,9,15-16H2,1-3H3;4-10,13-14,16H,11-12H2,1-3H3,(H,31,32)/t17-,18-,20-,27?;13-,14-,16-/m11/s1. The summed E-state index contributed by atoms with van der Waals surface area (Å²) in [7, 11) is -6.22. The number of sulfone groups is 2. The molecule has 6 aromatic heterocycles. The van der Waals surface area contributed by atoms with Gasteiger partial charge in [0.05, 0.1) is 42.6 Å². The first-order valence-corrected chi connectivity index (χ1v) is 31.4. The molecule has 0 aliphatic carbocycles. The van der Waals surface area contributed by atoms with Crippen LogP contribution in [0.3, 0.4) is 0 Å². The summed E-state index contributed by atoms with van der Waals surface area (Å²) in [6.07, 6.45) is 13.4. The Kier molecular flexibility index (Phi) is 16.6. The third kappa shape index (κ3) is 12.1. The van der Waals surface area contributed by atoms with Crippen molar-refractivity contribution in [3.63, 3.8) is 0 Å². The van der Waals surface area contributed by atoms with Crippen molar-refractivity contribution in [1.82, 2.24) is 39.9 Å². The van der Waals surface area contributed by atoms with Crippen molar-refractivity contribution < 1.29 is 39.8 Å². The van der Waals surface area contributed by atoms with Gasteiger partial charge in [-0.2, -0.15) is 10.2 Å². The number of rotatable bonds is 15. The van der Waals surface area contributed by atoms with Gasteiger partial charge in [-0.15, -0.1) is 0 Å². The zero-order valence-corrected chi connectivity index (χ0v) is 48.9. The Morgan fingerprint density at radius 3 is 1.65 bits per heavy atom. The Morgan fingerprint density at radius 2 is 1.18 bits per heavy atom. The van der Waals surface area contributed by atoms with E-state index in [1.165, 1.54) is 49.4 Å². The quantitative estimate of drug-likeness (QED) is 0.102. The second kappa shape index (κ2) is 23.1. The van der Waals surface area contributed by atoms with E-state index in [0.717, 1.165) is 35.6 Å². The van der Waals surface area contributed by atoms with Crippen molar-refractivity contribution in [2.75, 3.05) is 53.5 Å². The van der Waals surface area contributed by atoms with Gasteiger partial charge in [0, 0.05) is 132 Å². The van der Waals surface area contributed by atoms with E-state index >= 15 is 8.78 Å². The molecule has 0 saturated carbocycles. The van der Waals surface area contributed by atoms with E-state index in [1.54, 1.807) is 34.3 Å². The Balaban J connectivity index is 0.000000182. The van der Waals surface area contributed by atoms with Crippen LogP contribution in [0.1, 0.15) is 76.5 Å². The minimum Gasteiger partial charge on any atom is -0.486 e. The molecule has 422 valence electrons. The highest BCUT2D eigenvalue weighted by Gasteiger charge is 2.41. The lowest BCUT2D eigenvalue weighted by Gasteiger charge is -2.47. The molecule has 3 saturated heterocycles. The van der Waals surface area contributed by atoms with Gasteiger partial charge in [0.15, 0.2) is 29.5 Å². The van der Waals surface area contributed by atoms with Crippen LogP contribution in [0.5, 0.6) is 11.5 Å². The number of aromatic nitrogens is 8. The zero-order valence-electron chi connectivity index (χ0n) is 44.2. The maximum absolute atomic E-state index is 15.6. The van der Waals surface area contributed by atoms with Crippen molar-refractivity contribution in [3.05, 3.63) is 129 Å². The highest BCUT2D eigenvalue weighted by molar-refractivity contribution is 7.90. The van der Waals surface area contributed by atoms with E-state index in [4.69, 9.17) is 65.7 Å². The number of anilines is 2. The lowest BCUT2D eigenvalue weighted by atomic mass is 9.91. The molecule has 7 atom stereocenters. The zero-order chi connectivity index (χ0) is 56.9. The van der Waals surface area contributed by atoms with Crippen LogP contribution >= 0.6 is 46.4 Å². The number of nitrogens with one attached hydrogen (secondary N) is 1. The number of H-pyrrole nitrogens is 1.